The first kappa shape index (κ1) is 12.0. The molecule has 0 aliphatic heterocycles. The van der Waals surface area contributed by atoms with Gasteiger partial charge in [0.25, 0.3) is 0 Å². The van der Waals surface area contributed by atoms with Crippen LogP contribution >= 0.6 is 11.8 Å². The summed E-state index contributed by atoms with van der Waals surface area (Å²) in [5, 5.41) is 0.703. The Hall–Kier alpha value is 0.0200. The van der Waals surface area contributed by atoms with E-state index < -0.39 is 0 Å². The fraction of sp³-hybridized carbons (Fsp3) is 0.900. The smallest absolute Gasteiger partial charge is 0.139 e. The van der Waals surface area contributed by atoms with E-state index in [-0.39, 0.29) is 0 Å². The number of rotatable bonds is 7. The predicted molar refractivity (Wildman–Crippen MR) is 56.7 cm³/mol. The van der Waals surface area contributed by atoms with Crippen molar-refractivity contribution in [2.45, 2.75) is 51.7 Å². The zero-order chi connectivity index (χ0) is 9.40. The van der Waals surface area contributed by atoms with Crippen LogP contribution in [-0.2, 0) is 4.79 Å². The highest BCUT2D eigenvalue weighted by Crippen LogP contribution is 2.20. The molecule has 0 bridgehead atoms. The van der Waals surface area contributed by atoms with Crippen LogP contribution in [0.3, 0.4) is 0 Å². The number of Topliss-reactive ketones (excluding diaryl/α,β-unsaturated/α-hetero) is 1. The van der Waals surface area contributed by atoms with Crippen LogP contribution in [0.15, 0.2) is 0 Å². The SMILES string of the molecule is CCCCC(CC)SCC(C)=O. The molecular weight excluding hydrogens is 168 g/mol. The largest absolute Gasteiger partial charge is 0.299 e. The van der Waals surface area contributed by atoms with E-state index in [2.05, 4.69) is 13.8 Å². The monoisotopic (exact) mass is 188 g/mol. The molecule has 1 unspecified atom stereocenters. The second-order valence-electron chi connectivity index (χ2n) is 3.19. The third-order valence-electron chi connectivity index (χ3n) is 1.86. The lowest BCUT2D eigenvalue weighted by Gasteiger charge is -2.12. The molecule has 0 heterocycles. The zero-order valence-electron chi connectivity index (χ0n) is 8.43. The standard InChI is InChI=1S/C10H20OS/c1-4-6-7-10(5-2)12-8-9(3)11/h10H,4-8H2,1-3H3. The van der Waals surface area contributed by atoms with Gasteiger partial charge in [0.2, 0.25) is 0 Å². The molecule has 2 heteroatoms. The van der Waals surface area contributed by atoms with Crippen LogP contribution in [-0.4, -0.2) is 16.8 Å². The highest BCUT2D eigenvalue weighted by atomic mass is 32.2. The van der Waals surface area contributed by atoms with E-state index in [1.165, 1.54) is 25.7 Å². The Morgan fingerprint density at radius 1 is 1.42 bits per heavy atom. The molecule has 0 aromatic rings. The number of carbonyl (C=O) groups excluding carboxylic acids is 1. The van der Waals surface area contributed by atoms with Gasteiger partial charge >= 0.3 is 0 Å². The summed E-state index contributed by atoms with van der Waals surface area (Å²) >= 11 is 1.82. The number of thioether (sulfide) groups is 1. The van der Waals surface area contributed by atoms with Gasteiger partial charge in [-0.05, 0) is 19.8 Å². The van der Waals surface area contributed by atoms with E-state index >= 15 is 0 Å². The summed E-state index contributed by atoms with van der Waals surface area (Å²) in [6.45, 7) is 6.08. The zero-order valence-corrected chi connectivity index (χ0v) is 9.25. The maximum Gasteiger partial charge on any atom is 0.139 e. The molecule has 0 aromatic heterocycles. The minimum atomic E-state index is 0.301. The van der Waals surface area contributed by atoms with Crippen molar-refractivity contribution in [3.05, 3.63) is 0 Å². The molecule has 0 N–H and O–H groups in total. The highest BCUT2D eigenvalue weighted by Gasteiger charge is 2.06. The second kappa shape index (κ2) is 7.66. The number of hydrogen-bond acceptors (Lipinski definition) is 2. The topological polar surface area (TPSA) is 17.1 Å². The van der Waals surface area contributed by atoms with Gasteiger partial charge in [0, 0.05) is 5.25 Å². The molecule has 0 aromatic carbocycles. The third kappa shape index (κ3) is 6.71. The van der Waals surface area contributed by atoms with Crippen LogP contribution in [0.1, 0.15) is 46.5 Å². The molecule has 12 heavy (non-hydrogen) atoms. The lowest BCUT2D eigenvalue weighted by atomic mass is 10.2. The molecule has 0 saturated heterocycles. The molecule has 0 rings (SSSR count). The minimum Gasteiger partial charge on any atom is -0.299 e. The van der Waals surface area contributed by atoms with E-state index in [0.29, 0.717) is 16.8 Å². The van der Waals surface area contributed by atoms with Gasteiger partial charge in [-0.2, -0.15) is 11.8 Å². The second-order valence-corrected chi connectivity index (χ2v) is 4.47. The lowest BCUT2D eigenvalue weighted by molar-refractivity contribution is -0.114. The van der Waals surface area contributed by atoms with E-state index in [1.54, 1.807) is 6.92 Å². The van der Waals surface area contributed by atoms with Gasteiger partial charge in [0.1, 0.15) is 5.78 Å². The van der Waals surface area contributed by atoms with Crippen LogP contribution in [0.25, 0.3) is 0 Å². The summed E-state index contributed by atoms with van der Waals surface area (Å²) in [5.74, 6) is 0.998. The van der Waals surface area contributed by atoms with Crippen molar-refractivity contribution in [3.8, 4) is 0 Å². The molecule has 1 nitrogen and oxygen atoms in total. The summed E-state index contributed by atoms with van der Waals surface area (Å²) in [4.78, 5) is 10.7. The summed E-state index contributed by atoms with van der Waals surface area (Å²) in [5.41, 5.74) is 0. The fourth-order valence-electron chi connectivity index (χ4n) is 1.07. The average molecular weight is 188 g/mol. The van der Waals surface area contributed by atoms with Crippen molar-refractivity contribution in [3.63, 3.8) is 0 Å². The molecule has 0 aliphatic carbocycles. The highest BCUT2D eigenvalue weighted by molar-refractivity contribution is 8.00. The lowest BCUT2D eigenvalue weighted by Crippen LogP contribution is -2.05. The quantitative estimate of drug-likeness (QED) is 0.610. The Kier molecular flexibility index (Phi) is 7.67. The van der Waals surface area contributed by atoms with Gasteiger partial charge in [-0.1, -0.05) is 26.7 Å². The first-order chi connectivity index (χ1) is 5.70. The first-order valence-corrected chi connectivity index (χ1v) is 5.86. The van der Waals surface area contributed by atoms with Crippen LogP contribution in [0.4, 0.5) is 0 Å². The average Bonchev–Trinajstić information content (AvgIpc) is 2.05. The van der Waals surface area contributed by atoms with Crippen molar-refractivity contribution < 1.29 is 4.79 Å². The minimum absolute atomic E-state index is 0.301. The summed E-state index contributed by atoms with van der Waals surface area (Å²) < 4.78 is 0. The van der Waals surface area contributed by atoms with Crippen molar-refractivity contribution >= 4 is 17.5 Å². The van der Waals surface area contributed by atoms with Crippen LogP contribution < -0.4 is 0 Å². The van der Waals surface area contributed by atoms with Crippen molar-refractivity contribution in [2.75, 3.05) is 5.75 Å². The van der Waals surface area contributed by atoms with Gasteiger partial charge < -0.3 is 0 Å². The maximum absolute atomic E-state index is 10.7. The predicted octanol–water partition coefficient (Wildman–Crippen LogP) is 3.28. The summed E-state index contributed by atoms with van der Waals surface area (Å²) in [6, 6.07) is 0. The number of ketones is 1. The normalized spacial score (nSPS) is 12.9. The molecule has 72 valence electrons. The number of hydrogen-bond donors (Lipinski definition) is 0. The Bertz CT molecular complexity index is 123. The van der Waals surface area contributed by atoms with E-state index in [1.807, 2.05) is 11.8 Å². The Balaban J connectivity index is 3.45. The molecule has 0 aliphatic rings. The van der Waals surface area contributed by atoms with Crippen LogP contribution in [0, 0.1) is 0 Å². The van der Waals surface area contributed by atoms with Gasteiger partial charge in [-0.3, -0.25) is 4.79 Å². The molecular formula is C10H20OS. The maximum atomic E-state index is 10.7. The fourth-order valence-corrected chi connectivity index (χ4v) is 2.11. The number of unbranched alkanes of at least 4 members (excludes halogenated alkanes) is 1. The Morgan fingerprint density at radius 3 is 2.50 bits per heavy atom. The van der Waals surface area contributed by atoms with Gasteiger partial charge in [0.15, 0.2) is 0 Å². The molecule has 0 fully saturated rings. The molecule has 0 saturated carbocycles. The third-order valence-corrected chi connectivity index (χ3v) is 3.47. The van der Waals surface area contributed by atoms with Crippen molar-refractivity contribution in [1.82, 2.24) is 0 Å². The molecule has 0 spiro atoms. The van der Waals surface area contributed by atoms with E-state index in [4.69, 9.17) is 0 Å². The van der Waals surface area contributed by atoms with Crippen molar-refractivity contribution in [2.24, 2.45) is 0 Å². The van der Waals surface area contributed by atoms with E-state index in [9.17, 15) is 4.79 Å². The molecule has 0 radical (unpaired) electrons. The van der Waals surface area contributed by atoms with Gasteiger partial charge in [0.05, 0.1) is 5.75 Å². The summed E-state index contributed by atoms with van der Waals surface area (Å²) in [7, 11) is 0. The first-order valence-electron chi connectivity index (χ1n) is 4.81. The molecule has 0 amide bonds. The Morgan fingerprint density at radius 2 is 2.08 bits per heavy atom. The molecule has 1 atom stereocenters. The van der Waals surface area contributed by atoms with Crippen molar-refractivity contribution in [1.29, 1.82) is 0 Å². The van der Waals surface area contributed by atoms with Gasteiger partial charge in [-0.25, -0.2) is 0 Å². The van der Waals surface area contributed by atoms with E-state index in [0.717, 1.165) is 0 Å². The van der Waals surface area contributed by atoms with Crippen LogP contribution in [0.2, 0.25) is 0 Å². The van der Waals surface area contributed by atoms with Crippen LogP contribution in [0.5, 0.6) is 0 Å². The van der Waals surface area contributed by atoms with Gasteiger partial charge in [-0.15, -0.1) is 0 Å². The number of carbonyl (C=O) groups is 1. The summed E-state index contributed by atoms with van der Waals surface area (Å²) in [6.07, 6.45) is 5.02. The Labute approximate surface area is 80.3 Å².